The van der Waals surface area contributed by atoms with Gasteiger partial charge < -0.3 is 14.5 Å². The zero-order chi connectivity index (χ0) is 7.97. The first-order valence-corrected chi connectivity index (χ1v) is 3.67. The molecule has 0 spiro atoms. The van der Waals surface area contributed by atoms with Gasteiger partial charge in [0.25, 0.3) is 0 Å². The summed E-state index contributed by atoms with van der Waals surface area (Å²) in [4.78, 5) is 7.13. The van der Waals surface area contributed by atoms with Crippen LogP contribution in [0.25, 0.3) is 11.0 Å². The second-order valence-electron chi connectivity index (χ2n) is 2.60. The number of aromatic nitrogens is 2. The van der Waals surface area contributed by atoms with Crippen LogP contribution in [0.4, 0.5) is 0 Å². The van der Waals surface area contributed by atoms with Gasteiger partial charge in [0.05, 0.1) is 11.8 Å². The summed E-state index contributed by atoms with van der Waals surface area (Å²) in [6.07, 6.45) is 1.65. The quantitative estimate of drug-likeness (QED) is 0.635. The highest BCUT2D eigenvalue weighted by Gasteiger charge is 2.17. The highest BCUT2D eigenvalue weighted by atomic mass is 16.7. The third-order valence-electron chi connectivity index (χ3n) is 1.93. The van der Waals surface area contributed by atoms with Crippen molar-refractivity contribution in [2.75, 3.05) is 6.79 Å². The fraction of sp³-hybridized carbons (Fsp3) is 0.125. The Morgan fingerprint density at radius 3 is 3.33 bits per heavy atom. The summed E-state index contributed by atoms with van der Waals surface area (Å²) < 4.78 is 10.5. The Bertz CT molecular complexity index is 436. The molecule has 0 amide bonds. The Morgan fingerprint density at radius 2 is 2.33 bits per heavy atom. The van der Waals surface area contributed by atoms with Crippen molar-refractivity contribution in [3.8, 4) is 11.5 Å². The second kappa shape index (κ2) is 1.91. The molecule has 0 atom stereocenters. The number of aromatic amines is 1. The Hall–Kier alpha value is -1.71. The molecule has 1 aliphatic rings. The normalized spacial score (nSPS) is 14.0. The van der Waals surface area contributed by atoms with E-state index in [2.05, 4.69) is 9.97 Å². The van der Waals surface area contributed by atoms with Gasteiger partial charge in [-0.3, -0.25) is 0 Å². The van der Waals surface area contributed by atoms with Crippen LogP contribution in [0.3, 0.4) is 0 Å². The van der Waals surface area contributed by atoms with Gasteiger partial charge in [0.2, 0.25) is 6.79 Å². The van der Waals surface area contributed by atoms with Crippen LogP contribution in [0.15, 0.2) is 18.5 Å². The van der Waals surface area contributed by atoms with Crippen LogP contribution >= 0.6 is 0 Å². The van der Waals surface area contributed by atoms with Crippen molar-refractivity contribution in [1.29, 1.82) is 0 Å². The first kappa shape index (κ1) is 5.88. The molecule has 2 aromatic rings. The summed E-state index contributed by atoms with van der Waals surface area (Å²) in [5.41, 5.74) is 1.81. The Morgan fingerprint density at radius 1 is 1.33 bits per heavy atom. The molecule has 2 heterocycles. The number of fused-ring (bicyclic) bond motifs is 3. The van der Waals surface area contributed by atoms with E-state index in [9.17, 15) is 0 Å². The smallest absolute Gasteiger partial charge is 0.231 e. The lowest BCUT2D eigenvalue weighted by Crippen LogP contribution is -1.93. The zero-order valence-corrected chi connectivity index (χ0v) is 6.20. The molecule has 1 aromatic heterocycles. The van der Waals surface area contributed by atoms with Gasteiger partial charge >= 0.3 is 0 Å². The summed E-state index contributed by atoms with van der Waals surface area (Å²) in [6, 6.07) is 3.80. The van der Waals surface area contributed by atoms with Crippen molar-refractivity contribution in [3.63, 3.8) is 0 Å². The van der Waals surface area contributed by atoms with E-state index in [1.54, 1.807) is 6.33 Å². The molecule has 1 aromatic carbocycles. The van der Waals surface area contributed by atoms with Gasteiger partial charge in [-0.15, -0.1) is 0 Å². The molecule has 4 nitrogen and oxygen atoms in total. The maximum Gasteiger partial charge on any atom is 0.231 e. The minimum atomic E-state index is 0.293. The average molecular weight is 162 g/mol. The molecular formula is C8H6N2O2. The number of imidazole rings is 1. The van der Waals surface area contributed by atoms with Crippen LogP contribution in [-0.4, -0.2) is 16.8 Å². The molecule has 4 heteroatoms. The fourth-order valence-corrected chi connectivity index (χ4v) is 1.37. The lowest BCUT2D eigenvalue weighted by Gasteiger charge is -1.94. The van der Waals surface area contributed by atoms with Crippen LogP contribution in [0.5, 0.6) is 11.5 Å². The van der Waals surface area contributed by atoms with Crippen molar-refractivity contribution in [2.24, 2.45) is 0 Å². The summed E-state index contributed by atoms with van der Waals surface area (Å²) in [5, 5.41) is 0. The minimum absolute atomic E-state index is 0.293. The first-order valence-electron chi connectivity index (χ1n) is 3.67. The van der Waals surface area contributed by atoms with E-state index in [-0.39, 0.29) is 0 Å². The Labute approximate surface area is 68.1 Å². The maximum absolute atomic E-state index is 5.27. The van der Waals surface area contributed by atoms with Crippen molar-refractivity contribution >= 4 is 11.0 Å². The largest absolute Gasteiger partial charge is 0.454 e. The van der Waals surface area contributed by atoms with Gasteiger partial charge in [-0.1, -0.05) is 0 Å². The summed E-state index contributed by atoms with van der Waals surface area (Å²) in [6.45, 7) is 0.293. The molecule has 0 unspecified atom stereocenters. The molecular weight excluding hydrogens is 156 g/mol. The van der Waals surface area contributed by atoms with Crippen LogP contribution in [0, 0.1) is 0 Å². The van der Waals surface area contributed by atoms with Crippen molar-refractivity contribution in [3.05, 3.63) is 18.5 Å². The van der Waals surface area contributed by atoms with E-state index in [4.69, 9.17) is 9.47 Å². The summed E-state index contributed by atoms with van der Waals surface area (Å²) in [5.74, 6) is 1.52. The van der Waals surface area contributed by atoms with Gasteiger partial charge in [0.15, 0.2) is 11.5 Å². The van der Waals surface area contributed by atoms with Crippen LogP contribution < -0.4 is 9.47 Å². The summed E-state index contributed by atoms with van der Waals surface area (Å²) >= 11 is 0. The lowest BCUT2D eigenvalue weighted by molar-refractivity contribution is 0.174. The van der Waals surface area contributed by atoms with E-state index < -0.39 is 0 Å². The van der Waals surface area contributed by atoms with Crippen LogP contribution in [-0.2, 0) is 0 Å². The summed E-state index contributed by atoms with van der Waals surface area (Å²) in [7, 11) is 0. The van der Waals surface area contributed by atoms with Gasteiger partial charge in [-0.25, -0.2) is 4.98 Å². The van der Waals surface area contributed by atoms with Gasteiger partial charge in [0, 0.05) is 0 Å². The topological polar surface area (TPSA) is 47.1 Å². The second-order valence-corrected chi connectivity index (χ2v) is 2.60. The third-order valence-corrected chi connectivity index (χ3v) is 1.93. The van der Waals surface area contributed by atoms with Crippen LogP contribution in [0.1, 0.15) is 0 Å². The number of ether oxygens (including phenoxy) is 2. The minimum Gasteiger partial charge on any atom is -0.454 e. The number of nitrogens with zero attached hydrogens (tertiary/aromatic N) is 1. The highest BCUT2D eigenvalue weighted by molar-refractivity contribution is 5.84. The van der Waals surface area contributed by atoms with E-state index in [0.29, 0.717) is 6.79 Å². The van der Waals surface area contributed by atoms with E-state index in [1.165, 1.54) is 0 Å². The van der Waals surface area contributed by atoms with Crippen molar-refractivity contribution in [2.45, 2.75) is 0 Å². The third kappa shape index (κ3) is 0.592. The van der Waals surface area contributed by atoms with E-state index in [0.717, 1.165) is 22.5 Å². The molecule has 0 saturated carbocycles. The Kier molecular flexibility index (Phi) is 0.935. The molecule has 0 fully saturated rings. The maximum atomic E-state index is 5.27. The standard InChI is InChI=1S/C8H6N2O2/c1-2-6-8(12-4-11-6)7-5(1)9-3-10-7/h1-3H,4H2,(H,9,10). The number of hydrogen-bond acceptors (Lipinski definition) is 3. The Balaban J connectivity index is 2.46. The molecule has 0 saturated heterocycles. The molecule has 1 aliphatic heterocycles. The molecule has 0 radical (unpaired) electrons. The monoisotopic (exact) mass is 162 g/mol. The van der Waals surface area contributed by atoms with Gasteiger partial charge in [0.1, 0.15) is 5.52 Å². The number of H-pyrrole nitrogens is 1. The molecule has 3 rings (SSSR count). The number of hydrogen-bond donors (Lipinski definition) is 1. The molecule has 0 aliphatic carbocycles. The average Bonchev–Trinajstić information content (AvgIpc) is 2.71. The number of benzene rings is 1. The van der Waals surface area contributed by atoms with Crippen molar-refractivity contribution < 1.29 is 9.47 Å². The van der Waals surface area contributed by atoms with Crippen molar-refractivity contribution in [1.82, 2.24) is 9.97 Å². The lowest BCUT2D eigenvalue weighted by atomic mass is 10.3. The zero-order valence-electron chi connectivity index (χ0n) is 6.20. The molecule has 1 N–H and O–H groups in total. The van der Waals surface area contributed by atoms with Gasteiger partial charge in [-0.2, -0.15) is 0 Å². The molecule has 0 bridgehead atoms. The SMILES string of the molecule is c1nc2c3c(ccc2[nH]1)OCO3. The predicted octanol–water partition coefficient (Wildman–Crippen LogP) is 1.29. The fourth-order valence-electron chi connectivity index (χ4n) is 1.37. The molecule has 12 heavy (non-hydrogen) atoms. The number of nitrogens with one attached hydrogen (secondary N) is 1. The van der Waals surface area contributed by atoms with Gasteiger partial charge in [-0.05, 0) is 12.1 Å². The highest BCUT2D eigenvalue weighted by Crippen LogP contribution is 2.37. The number of rotatable bonds is 0. The van der Waals surface area contributed by atoms with E-state index >= 15 is 0 Å². The molecule has 60 valence electrons. The first-order chi connectivity index (χ1) is 5.95. The van der Waals surface area contributed by atoms with E-state index in [1.807, 2.05) is 12.1 Å². The predicted molar refractivity (Wildman–Crippen MR) is 42.2 cm³/mol. The van der Waals surface area contributed by atoms with Crippen LogP contribution in [0.2, 0.25) is 0 Å².